The van der Waals surface area contributed by atoms with Crippen LogP contribution in [0.5, 0.6) is 5.75 Å². The SMILES string of the molecule is COc1ccc(C(O)c2ccncc2Cl)cc1. The first-order chi connectivity index (χ1) is 8.22. The second-order valence-electron chi connectivity index (χ2n) is 3.57. The highest BCUT2D eigenvalue weighted by Crippen LogP contribution is 2.28. The Labute approximate surface area is 105 Å². The van der Waals surface area contributed by atoms with Crippen molar-refractivity contribution in [2.45, 2.75) is 6.10 Å². The number of ether oxygens (including phenoxy) is 1. The molecule has 0 amide bonds. The number of rotatable bonds is 3. The van der Waals surface area contributed by atoms with Gasteiger partial charge in [0.15, 0.2) is 0 Å². The first kappa shape index (κ1) is 11.9. The number of benzene rings is 1. The molecule has 2 rings (SSSR count). The Morgan fingerprint density at radius 2 is 1.94 bits per heavy atom. The average Bonchev–Trinajstić information content (AvgIpc) is 2.39. The molecule has 1 unspecified atom stereocenters. The minimum atomic E-state index is -0.753. The molecule has 3 nitrogen and oxygen atoms in total. The normalized spacial score (nSPS) is 12.2. The maximum Gasteiger partial charge on any atom is 0.118 e. The number of nitrogens with zero attached hydrogens (tertiary/aromatic N) is 1. The molecule has 0 bridgehead atoms. The van der Waals surface area contributed by atoms with Crippen LogP contribution in [-0.2, 0) is 0 Å². The Bertz CT molecular complexity index is 499. The van der Waals surface area contributed by atoms with Crippen molar-refractivity contribution >= 4 is 11.6 Å². The Morgan fingerprint density at radius 1 is 1.24 bits per heavy atom. The van der Waals surface area contributed by atoms with Crippen molar-refractivity contribution in [1.29, 1.82) is 0 Å². The number of methoxy groups -OCH3 is 1. The Balaban J connectivity index is 2.30. The van der Waals surface area contributed by atoms with Crippen LogP contribution in [0, 0.1) is 0 Å². The molecule has 0 aliphatic heterocycles. The summed E-state index contributed by atoms with van der Waals surface area (Å²) in [6.07, 6.45) is 2.37. The molecule has 1 N–H and O–H groups in total. The van der Waals surface area contributed by atoms with Crippen molar-refractivity contribution in [2.24, 2.45) is 0 Å². The summed E-state index contributed by atoms with van der Waals surface area (Å²) < 4.78 is 5.06. The summed E-state index contributed by atoms with van der Waals surface area (Å²) in [6, 6.07) is 8.92. The number of aromatic nitrogens is 1. The van der Waals surface area contributed by atoms with Crippen molar-refractivity contribution in [1.82, 2.24) is 4.98 Å². The van der Waals surface area contributed by atoms with Crippen molar-refractivity contribution in [2.75, 3.05) is 7.11 Å². The van der Waals surface area contributed by atoms with Gasteiger partial charge in [-0.2, -0.15) is 0 Å². The third-order valence-electron chi connectivity index (χ3n) is 2.53. The van der Waals surface area contributed by atoms with Gasteiger partial charge in [0.2, 0.25) is 0 Å². The van der Waals surface area contributed by atoms with Crippen LogP contribution in [0.2, 0.25) is 5.02 Å². The van der Waals surface area contributed by atoms with E-state index in [9.17, 15) is 5.11 Å². The highest BCUT2D eigenvalue weighted by atomic mass is 35.5. The predicted molar refractivity (Wildman–Crippen MR) is 66.3 cm³/mol. The van der Waals surface area contributed by atoms with Crippen molar-refractivity contribution in [3.8, 4) is 5.75 Å². The van der Waals surface area contributed by atoms with E-state index in [2.05, 4.69) is 4.98 Å². The second kappa shape index (κ2) is 5.17. The van der Waals surface area contributed by atoms with E-state index in [4.69, 9.17) is 16.3 Å². The Hall–Kier alpha value is -1.58. The lowest BCUT2D eigenvalue weighted by molar-refractivity contribution is 0.220. The van der Waals surface area contributed by atoms with Crippen LogP contribution in [0.3, 0.4) is 0 Å². The molecule has 88 valence electrons. The zero-order valence-corrected chi connectivity index (χ0v) is 10.1. The summed E-state index contributed by atoms with van der Waals surface area (Å²) in [5.74, 6) is 0.752. The van der Waals surface area contributed by atoms with E-state index in [0.717, 1.165) is 11.3 Å². The third kappa shape index (κ3) is 2.57. The largest absolute Gasteiger partial charge is 0.497 e. The van der Waals surface area contributed by atoms with Crippen LogP contribution in [0.1, 0.15) is 17.2 Å². The topological polar surface area (TPSA) is 42.4 Å². The van der Waals surface area contributed by atoms with Gasteiger partial charge in [-0.3, -0.25) is 4.98 Å². The van der Waals surface area contributed by atoms with E-state index >= 15 is 0 Å². The summed E-state index contributed by atoms with van der Waals surface area (Å²) in [4.78, 5) is 3.89. The lowest BCUT2D eigenvalue weighted by Crippen LogP contribution is -2.00. The molecule has 0 radical (unpaired) electrons. The molecule has 1 aromatic heterocycles. The van der Waals surface area contributed by atoms with E-state index < -0.39 is 6.10 Å². The van der Waals surface area contributed by atoms with Gasteiger partial charge in [0.25, 0.3) is 0 Å². The summed E-state index contributed by atoms with van der Waals surface area (Å²) in [6.45, 7) is 0. The number of aliphatic hydroxyl groups is 1. The van der Waals surface area contributed by atoms with Crippen LogP contribution in [0.4, 0.5) is 0 Å². The number of hydrogen-bond acceptors (Lipinski definition) is 3. The van der Waals surface area contributed by atoms with Gasteiger partial charge in [-0.25, -0.2) is 0 Å². The fourth-order valence-corrected chi connectivity index (χ4v) is 1.80. The number of halogens is 1. The molecule has 4 heteroatoms. The first-order valence-corrected chi connectivity index (χ1v) is 5.51. The van der Waals surface area contributed by atoms with Gasteiger partial charge < -0.3 is 9.84 Å². The molecule has 0 saturated carbocycles. The van der Waals surface area contributed by atoms with Crippen LogP contribution < -0.4 is 4.74 Å². The summed E-state index contributed by atoms with van der Waals surface area (Å²) in [5, 5.41) is 10.6. The van der Waals surface area contributed by atoms with E-state index in [0.29, 0.717) is 10.6 Å². The summed E-state index contributed by atoms with van der Waals surface area (Å²) in [7, 11) is 1.60. The molecule has 0 saturated heterocycles. The first-order valence-electron chi connectivity index (χ1n) is 5.14. The maximum absolute atomic E-state index is 10.2. The molecule has 0 fully saturated rings. The molecular weight excluding hydrogens is 238 g/mol. The van der Waals surface area contributed by atoms with Crippen molar-refractivity contribution in [3.05, 3.63) is 58.9 Å². The molecule has 17 heavy (non-hydrogen) atoms. The van der Waals surface area contributed by atoms with Gasteiger partial charge in [0.1, 0.15) is 11.9 Å². The zero-order chi connectivity index (χ0) is 12.3. The number of pyridine rings is 1. The standard InChI is InChI=1S/C13H12ClNO2/c1-17-10-4-2-9(3-5-10)13(16)11-6-7-15-8-12(11)14/h2-8,13,16H,1H3. The quantitative estimate of drug-likeness (QED) is 0.910. The Morgan fingerprint density at radius 3 is 2.53 bits per heavy atom. The second-order valence-corrected chi connectivity index (χ2v) is 3.98. The van der Waals surface area contributed by atoms with Crippen molar-refractivity contribution < 1.29 is 9.84 Å². The van der Waals surface area contributed by atoms with Crippen LogP contribution in [0.25, 0.3) is 0 Å². The zero-order valence-electron chi connectivity index (χ0n) is 9.30. The fourth-order valence-electron chi connectivity index (χ4n) is 1.57. The van der Waals surface area contributed by atoms with Gasteiger partial charge in [0.05, 0.1) is 12.1 Å². The monoisotopic (exact) mass is 249 g/mol. The molecule has 1 aromatic carbocycles. The van der Waals surface area contributed by atoms with Gasteiger partial charge >= 0.3 is 0 Å². The predicted octanol–water partition coefficient (Wildman–Crippen LogP) is 2.83. The summed E-state index contributed by atoms with van der Waals surface area (Å²) >= 11 is 5.98. The number of hydrogen-bond donors (Lipinski definition) is 1. The molecule has 1 heterocycles. The average molecular weight is 250 g/mol. The fraction of sp³-hybridized carbons (Fsp3) is 0.154. The highest BCUT2D eigenvalue weighted by Gasteiger charge is 2.13. The van der Waals surface area contributed by atoms with E-state index in [1.54, 1.807) is 43.6 Å². The van der Waals surface area contributed by atoms with Crippen LogP contribution in [0.15, 0.2) is 42.7 Å². The molecule has 0 spiro atoms. The smallest absolute Gasteiger partial charge is 0.118 e. The molecule has 1 atom stereocenters. The lowest BCUT2D eigenvalue weighted by atomic mass is 10.0. The molecule has 0 aliphatic rings. The molecular formula is C13H12ClNO2. The van der Waals surface area contributed by atoms with Gasteiger partial charge in [-0.1, -0.05) is 23.7 Å². The molecule has 0 aliphatic carbocycles. The van der Waals surface area contributed by atoms with E-state index in [1.807, 2.05) is 0 Å². The maximum atomic E-state index is 10.2. The van der Waals surface area contributed by atoms with Gasteiger partial charge in [0, 0.05) is 18.0 Å². The number of aliphatic hydroxyl groups excluding tert-OH is 1. The van der Waals surface area contributed by atoms with Crippen molar-refractivity contribution in [3.63, 3.8) is 0 Å². The third-order valence-corrected chi connectivity index (χ3v) is 2.85. The van der Waals surface area contributed by atoms with Gasteiger partial charge in [-0.05, 0) is 23.8 Å². The van der Waals surface area contributed by atoms with E-state index in [1.165, 1.54) is 6.20 Å². The van der Waals surface area contributed by atoms with E-state index in [-0.39, 0.29) is 0 Å². The molecule has 2 aromatic rings. The lowest BCUT2D eigenvalue weighted by Gasteiger charge is -2.13. The van der Waals surface area contributed by atoms with Crippen LogP contribution >= 0.6 is 11.6 Å². The summed E-state index contributed by atoms with van der Waals surface area (Å²) in [5.41, 5.74) is 1.41. The minimum absolute atomic E-state index is 0.454. The highest BCUT2D eigenvalue weighted by molar-refractivity contribution is 6.31. The minimum Gasteiger partial charge on any atom is -0.497 e. The van der Waals surface area contributed by atoms with Gasteiger partial charge in [-0.15, -0.1) is 0 Å². The Kier molecular flexibility index (Phi) is 3.61. The van der Waals surface area contributed by atoms with Crippen LogP contribution in [-0.4, -0.2) is 17.2 Å².